The van der Waals surface area contributed by atoms with Crippen molar-refractivity contribution < 1.29 is 37.6 Å². The third-order valence-corrected chi connectivity index (χ3v) is 9.26. The van der Waals surface area contributed by atoms with E-state index in [0.717, 1.165) is 64.2 Å². The highest BCUT2D eigenvalue weighted by Gasteiger charge is 2.25. The highest BCUT2D eigenvalue weighted by Crippen LogP contribution is 2.43. The minimum Gasteiger partial charge on any atom is -0.462 e. The van der Waals surface area contributed by atoms with Gasteiger partial charge in [0.15, 0.2) is 6.10 Å². The van der Waals surface area contributed by atoms with Crippen LogP contribution in [-0.2, 0) is 32.7 Å². The molecule has 0 amide bonds. The molecule has 0 radical (unpaired) electrons. The maximum Gasteiger partial charge on any atom is 0.472 e. The second kappa shape index (κ2) is 40.8. The van der Waals surface area contributed by atoms with Gasteiger partial charge in [0.2, 0.25) is 0 Å². The summed E-state index contributed by atoms with van der Waals surface area (Å²) in [5.41, 5.74) is 5.34. The van der Waals surface area contributed by atoms with Crippen molar-refractivity contribution in [1.29, 1.82) is 0 Å². The standard InChI is InChI=1S/C45H76NO8P/c1-3-5-7-9-11-13-15-17-19-20-21-22-24-25-27-29-31-33-35-37-44(47)51-41-43(42-53-55(49,50)52-40-39-46)54-45(48)38-36-34-32-30-28-26-23-18-16-14-12-10-8-6-4-2/h5,7,11,13-14,16-17,19,21-22,25,27,31,33,43H,3-4,6,8-10,12,15,18,20,23-24,26,28-30,32,34-42,46H2,1-2H3,(H,49,50). The number of rotatable bonds is 38. The maximum atomic E-state index is 12.6. The molecule has 10 heteroatoms. The number of hydrogen-bond donors (Lipinski definition) is 2. The first kappa shape index (κ1) is 52.2. The van der Waals surface area contributed by atoms with Gasteiger partial charge in [-0.15, -0.1) is 0 Å². The summed E-state index contributed by atoms with van der Waals surface area (Å²) in [6.45, 7) is 3.49. The Labute approximate surface area is 334 Å². The number of carbonyl (C=O) groups is 2. The van der Waals surface area contributed by atoms with E-state index in [0.29, 0.717) is 12.8 Å². The van der Waals surface area contributed by atoms with Crippen LogP contribution in [0.3, 0.4) is 0 Å². The Balaban J connectivity index is 4.32. The summed E-state index contributed by atoms with van der Waals surface area (Å²) in [5.74, 6) is -0.940. The Morgan fingerprint density at radius 1 is 0.564 bits per heavy atom. The van der Waals surface area contributed by atoms with E-state index in [1.54, 1.807) is 0 Å². The van der Waals surface area contributed by atoms with E-state index in [-0.39, 0.29) is 32.6 Å². The van der Waals surface area contributed by atoms with Crippen molar-refractivity contribution >= 4 is 19.8 Å². The molecule has 0 saturated carbocycles. The maximum absolute atomic E-state index is 12.6. The van der Waals surface area contributed by atoms with Gasteiger partial charge in [0.05, 0.1) is 13.2 Å². The third-order valence-electron chi connectivity index (χ3n) is 8.28. The average Bonchev–Trinajstić information content (AvgIpc) is 3.17. The van der Waals surface area contributed by atoms with Crippen molar-refractivity contribution in [2.24, 2.45) is 5.73 Å². The topological polar surface area (TPSA) is 134 Å². The molecule has 9 nitrogen and oxygen atoms in total. The smallest absolute Gasteiger partial charge is 0.462 e. The monoisotopic (exact) mass is 790 g/mol. The summed E-state index contributed by atoms with van der Waals surface area (Å²) >= 11 is 0. The van der Waals surface area contributed by atoms with Crippen LogP contribution in [0, 0.1) is 0 Å². The lowest BCUT2D eigenvalue weighted by atomic mass is 10.1. The molecule has 55 heavy (non-hydrogen) atoms. The molecule has 0 rings (SSSR count). The Kier molecular flexibility index (Phi) is 38.8. The molecule has 0 bridgehead atoms. The van der Waals surface area contributed by atoms with E-state index in [1.165, 1.54) is 51.4 Å². The first-order valence-electron chi connectivity index (χ1n) is 21.1. The molecular formula is C45H76NO8P. The second-order valence-corrected chi connectivity index (χ2v) is 14.9. The Morgan fingerprint density at radius 3 is 1.56 bits per heavy atom. The zero-order chi connectivity index (χ0) is 40.3. The number of nitrogens with two attached hydrogens (primary N) is 1. The van der Waals surface area contributed by atoms with Gasteiger partial charge in [0.1, 0.15) is 6.61 Å². The van der Waals surface area contributed by atoms with Crippen molar-refractivity contribution in [2.75, 3.05) is 26.4 Å². The van der Waals surface area contributed by atoms with E-state index in [1.807, 2.05) is 12.2 Å². The SMILES string of the molecule is CCC=CCC=CCC=CCC=CCC=CCC=CCCC(=O)OCC(COP(=O)(O)OCCN)OC(=O)CCCCCCCCCC=CCCCCCC. The fourth-order valence-corrected chi connectivity index (χ4v) is 5.95. The molecular weight excluding hydrogens is 713 g/mol. The molecule has 0 aliphatic heterocycles. The number of phosphoric acid groups is 1. The predicted molar refractivity (Wildman–Crippen MR) is 229 cm³/mol. The molecule has 0 spiro atoms. The van der Waals surface area contributed by atoms with E-state index < -0.39 is 32.5 Å². The normalized spacial score (nSPS) is 14.2. The minimum atomic E-state index is -4.40. The second-order valence-electron chi connectivity index (χ2n) is 13.5. The van der Waals surface area contributed by atoms with Crippen LogP contribution in [0.25, 0.3) is 0 Å². The van der Waals surface area contributed by atoms with Crippen molar-refractivity contribution in [3.63, 3.8) is 0 Å². The fourth-order valence-electron chi connectivity index (χ4n) is 5.18. The highest BCUT2D eigenvalue weighted by molar-refractivity contribution is 7.47. The number of hydrogen-bond acceptors (Lipinski definition) is 8. The van der Waals surface area contributed by atoms with Crippen LogP contribution in [0.15, 0.2) is 85.1 Å². The zero-order valence-corrected chi connectivity index (χ0v) is 35.3. The molecule has 0 aromatic rings. The van der Waals surface area contributed by atoms with Crippen molar-refractivity contribution in [3.8, 4) is 0 Å². The van der Waals surface area contributed by atoms with Gasteiger partial charge < -0.3 is 20.1 Å². The molecule has 0 aliphatic rings. The van der Waals surface area contributed by atoms with Crippen LogP contribution < -0.4 is 5.73 Å². The Bertz CT molecular complexity index is 1170. The van der Waals surface area contributed by atoms with Crippen molar-refractivity contribution in [3.05, 3.63) is 85.1 Å². The largest absolute Gasteiger partial charge is 0.472 e. The predicted octanol–water partition coefficient (Wildman–Crippen LogP) is 12.0. The summed E-state index contributed by atoms with van der Waals surface area (Å²) in [5, 5.41) is 0. The van der Waals surface area contributed by atoms with Crippen molar-refractivity contribution in [1.82, 2.24) is 0 Å². The van der Waals surface area contributed by atoms with Crippen LogP contribution in [0.4, 0.5) is 0 Å². The highest BCUT2D eigenvalue weighted by atomic mass is 31.2. The minimum absolute atomic E-state index is 0.0390. The van der Waals surface area contributed by atoms with E-state index in [2.05, 4.69) is 86.8 Å². The van der Waals surface area contributed by atoms with Gasteiger partial charge in [-0.25, -0.2) is 4.57 Å². The number of allylic oxidation sites excluding steroid dienone is 14. The van der Waals surface area contributed by atoms with Crippen molar-refractivity contribution in [2.45, 2.75) is 161 Å². The summed E-state index contributed by atoms with van der Waals surface area (Å²) in [6, 6.07) is 0. The number of unbranched alkanes of at least 4 members (excludes halogenated alkanes) is 11. The molecule has 0 aromatic heterocycles. The first-order valence-corrected chi connectivity index (χ1v) is 22.6. The van der Waals surface area contributed by atoms with Gasteiger partial charge in [-0.05, 0) is 77.0 Å². The Hall–Kier alpha value is -2.81. The molecule has 0 fully saturated rings. The van der Waals surface area contributed by atoms with Gasteiger partial charge in [-0.3, -0.25) is 18.6 Å². The van der Waals surface area contributed by atoms with Crippen LogP contribution in [0.1, 0.15) is 155 Å². The molecule has 3 N–H and O–H groups in total. The van der Waals surface area contributed by atoms with Crippen LogP contribution in [0.2, 0.25) is 0 Å². The molecule has 0 aromatic carbocycles. The van der Waals surface area contributed by atoms with Crippen LogP contribution in [0.5, 0.6) is 0 Å². The fraction of sp³-hybridized carbons (Fsp3) is 0.644. The van der Waals surface area contributed by atoms with E-state index in [4.69, 9.17) is 24.3 Å². The summed E-state index contributed by atoms with van der Waals surface area (Å²) in [7, 11) is -4.40. The molecule has 0 saturated heterocycles. The molecule has 0 aliphatic carbocycles. The van der Waals surface area contributed by atoms with Crippen LogP contribution >= 0.6 is 7.82 Å². The van der Waals surface area contributed by atoms with Crippen LogP contribution in [-0.4, -0.2) is 49.3 Å². The molecule has 2 unspecified atom stereocenters. The summed E-state index contributed by atoms with van der Waals surface area (Å²) in [6.07, 6.45) is 50.5. The third kappa shape index (κ3) is 40.7. The number of carbonyl (C=O) groups excluding carboxylic acids is 2. The summed E-state index contributed by atoms with van der Waals surface area (Å²) < 4.78 is 32.7. The lowest BCUT2D eigenvalue weighted by molar-refractivity contribution is -0.161. The van der Waals surface area contributed by atoms with Gasteiger partial charge in [-0.2, -0.15) is 0 Å². The lowest BCUT2D eigenvalue weighted by Gasteiger charge is -2.19. The average molecular weight is 790 g/mol. The zero-order valence-electron chi connectivity index (χ0n) is 34.4. The lowest BCUT2D eigenvalue weighted by Crippen LogP contribution is -2.29. The van der Waals surface area contributed by atoms with E-state index >= 15 is 0 Å². The van der Waals surface area contributed by atoms with E-state index in [9.17, 15) is 19.0 Å². The van der Waals surface area contributed by atoms with Gasteiger partial charge in [0, 0.05) is 19.4 Å². The summed E-state index contributed by atoms with van der Waals surface area (Å²) in [4.78, 5) is 34.8. The number of phosphoric ester groups is 1. The first-order chi connectivity index (χ1) is 26.8. The molecule has 2 atom stereocenters. The quantitative estimate of drug-likeness (QED) is 0.0271. The number of ether oxygens (including phenoxy) is 2. The molecule has 0 heterocycles. The van der Waals surface area contributed by atoms with Gasteiger partial charge in [-0.1, -0.05) is 150 Å². The molecule has 314 valence electrons. The van der Waals surface area contributed by atoms with Gasteiger partial charge in [0.25, 0.3) is 0 Å². The van der Waals surface area contributed by atoms with Gasteiger partial charge >= 0.3 is 19.8 Å². The number of esters is 2. The Morgan fingerprint density at radius 2 is 1.04 bits per heavy atom.